The molecule has 22 heavy (non-hydrogen) atoms. The lowest BCUT2D eigenvalue weighted by Gasteiger charge is -2.09. The van der Waals surface area contributed by atoms with Crippen LogP contribution in [0, 0.1) is 13.8 Å². The molecule has 112 valence electrons. The van der Waals surface area contributed by atoms with Gasteiger partial charge in [-0.25, -0.2) is 0 Å². The summed E-state index contributed by atoms with van der Waals surface area (Å²) in [4.78, 5) is 15.7. The summed E-state index contributed by atoms with van der Waals surface area (Å²) in [6, 6.07) is 13.5. The number of carbonyl (C=O) groups is 1. The molecular weight excluding hydrogens is 296 g/mol. The monoisotopic (exact) mass is 312 g/mol. The SMILES string of the molecule is Cc1cc(Cl)ccc1NC(=O)Cc1c(C)[nH]c2ccccc12. The van der Waals surface area contributed by atoms with E-state index in [4.69, 9.17) is 11.6 Å². The molecule has 0 aliphatic rings. The Morgan fingerprint density at radius 2 is 1.95 bits per heavy atom. The molecule has 4 heteroatoms. The Balaban J connectivity index is 1.83. The number of aromatic amines is 1. The van der Waals surface area contributed by atoms with Crippen molar-refractivity contribution in [3.8, 4) is 0 Å². The molecule has 3 nitrogen and oxygen atoms in total. The molecule has 0 spiro atoms. The van der Waals surface area contributed by atoms with Crippen LogP contribution in [-0.4, -0.2) is 10.9 Å². The Morgan fingerprint density at radius 3 is 2.73 bits per heavy atom. The third-order valence-electron chi connectivity index (χ3n) is 3.83. The number of fused-ring (bicyclic) bond motifs is 1. The molecule has 0 aliphatic carbocycles. The number of para-hydroxylation sites is 1. The second kappa shape index (κ2) is 5.85. The van der Waals surface area contributed by atoms with Crippen LogP contribution in [0.3, 0.4) is 0 Å². The fourth-order valence-corrected chi connectivity index (χ4v) is 2.91. The van der Waals surface area contributed by atoms with Gasteiger partial charge in [-0.3, -0.25) is 4.79 Å². The fourth-order valence-electron chi connectivity index (χ4n) is 2.68. The van der Waals surface area contributed by atoms with E-state index in [0.29, 0.717) is 11.4 Å². The molecule has 2 N–H and O–H groups in total. The van der Waals surface area contributed by atoms with Crippen molar-refractivity contribution in [1.29, 1.82) is 0 Å². The molecule has 0 saturated carbocycles. The smallest absolute Gasteiger partial charge is 0.228 e. The van der Waals surface area contributed by atoms with Crippen LogP contribution in [-0.2, 0) is 11.2 Å². The predicted octanol–water partition coefficient (Wildman–Crippen LogP) is 4.62. The van der Waals surface area contributed by atoms with Crippen LogP contribution >= 0.6 is 11.6 Å². The maximum absolute atomic E-state index is 12.4. The number of hydrogen-bond donors (Lipinski definition) is 2. The third kappa shape index (κ3) is 2.85. The van der Waals surface area contributed by atoms with E-state index < -0.39 is 0 Å². The average molecular weight is 313 g/mol. The predicted molar refractivity (Wildman–Crippen MR) is 91.6 cm³/mol. The molecule has 0 fully saturated rings. The molecule has 0 bridgehead atoms. The molecule has 1 aromatic heterocycles. The topological polar surface area (TPSA) is 44.9 Å². The van der Waals surface area contributed by atoms with Crippen molar-refractivity contribution in [2.24, 2.45) is 0 Å². The number of nitrogens with one attached hydrogen (secondary N) is 2. The van der Waals surface area contributed by atoms with Gasteiger partial charge in [0, 0.05) is 27.3 Å². The fraction of sp³-hybridized carbons (Fsp3) is 0.167. The number of amides is 1. The lowest BCUT2D eigenvalue weighted by Crippen LogP contribution is -2.15. The Labute approximate surface area is 134 Å². The van der Waals surface area contributed by atoms with Crippen molar-refractivity contribution in [3.63, 3.8) is 0 Å². The van der Waals surface area contributed by atoms with Crippen LogP contribution < -0.4 is 5.32 Å². The lowest BCUT2D eigenvalue weighted by molar-refractivity contribution is -0.115. The van der Waals surface area contributed by atoms with E-state index in [9.17, 15) is 4.79 Å². The van der Waals surface area contributed by atoms with Gasteiger partial charge in [0.05, 0.1) is 6.42 Å². The van der Waals surface area contributed by atoms with E-state index in [1.54, 1.807) is 6.07 Å². The largest absolute Gasteiger partial charge is 0.358 e. The average Bonchev–Trinajstić information content (AvgIpc) is 2.78. The van der Waals surface area contributed by atoms with Crippen molar-refractivity contribution in [2.45, 2.75) is 20.3 Å². The molecule has 0 unspecified atom stereocenters. The minimum absolute atomic E-state index is 0.0294. The molecule has 0 radical (unpaired) electrons. The summed E-state index contributed by atoms with van der Waals surface area (Å²) in [6.07, 6.45) is 0.345. The van der Waals surface area contributed by atoms with Gasteiger partial charge in [-0.15, -0.1) is 0 Å². The zero-order valence-corrected chi connectivity index (χ0v) is 13.3. The van der Waals surface area contributed by atoms with Crippen LogP contribution in [0.4, 0.5) is 5.69 Å². The van der Waals surface area contributed by atoms with Gasteiger partial charge in [0.2, 0.25) is 5.91 Å². The highest BCUT2D eigenvalue weighted by Crippen LogP contribution is 2.24. The molecule has 2 aromatic carbocycles. The molecular formula is C18H17ClN2O. The van der Waals surface area contributed by atoms with Gasteiger partial charge in [-0.1, -0.05) is 29.8 Å². The zero-order chi connectivity index (χ0) is 15.7. The maximum Gasteiger partial charge on any atom is 0.228 e. The minimum Gasteiger partial charge on any atom is -0.358 e. The van der Waals surface area contributed by atoms with E-state index in [0.717, 1.165) is 33.4 Å². The second-order valence-corrected chi connectivity index (χ2v) is 5.89. The summed E-state index contributed by atoms with van der Waals surface area (Å²) in [5.74, 6) is -0.0294. The van der Waals surface area contributed by atoms with Gasteiger partial charge in [0.1, 0.15) is 0 Å². The summed E-state index contributed by atoms with van der Waals surface area (Å²) in [6.45, 7) is 3.93. The molecule has 1 amide bonds. The summed E-state index contributed by atoms with van der Waals surface area (Å²) >= 11 is 5.94. The molecule has 0 aliphatic heterocycles. The molecule has 0 saturated heterocycles. The molecule has 1 heterocycles. The van der Waals surface area contributed by atoms with Crippen LogP contribution in [0.5, 0.6) is 0 Å². The first-order chi connectivity index (χ1) is 10.5. The van der Waals surface area contributed by atoms with Crippen LogP contribution in [0.2, 0.25) is 5.02 Å². The zero-order valence-electron chi connectivity index (χ0n) is 12.5. The summed E-state index contributed by atoms with van der Waals surface area (Å²) in [5, 5.41) is 4.73. The number of anilines is 1. The number of aromatic nitrogens is 1. The highest BCUT2D eigenvalue weighted by Gasteiger charge is 2.13. The van der Waals surface area contributed by atoms with Crippen molar-refractivity contribution in [1.82, 2.24) is 4.98 Å². The van der Waals surface area contributed by atoms with Crippen LogP contribution in [0.15, 0.2) is 42.5 Å². The molecule has 3 rings (SSSR count). The van der Waals surface area contributed by atoms with Crippen molar-refractivity contribution < 1.29 is 4.79 Å². The number of carbonyl (C=O) groups excluding carboxylic acids is 1. The summed E-state index contributed by atoms with van der Waals surface area (Å²) in [7, 11) is 0. The number of rotatable bonds is 3. The second-order valence-electron chi connectivity index (χ2n) is 5.46. The van der Waals surface area contributed by atoms with Gasteiger partial charge < -0.3 is 10.3 Å². The first-order valence-electron chi connectivity index (χ1n) is 7.17. The van der Waals surface area contributed by atoms with Gasteiger partial charge in [-0.05, 0) is 49.2 Å². The highest BCUT2D eigenvalue weighted by molar-refractivity contribution is 6.30. The van der Waals surface area contributed by atoms with E-state index >= 15 is 0 Å². The standard InChI is InChI=1S/C18H17ClN2O/c1-11-9-13(19)7-8-16(11)21-18(22)10-15-12(2)20-17-6-4-3-5-14(15)17/h3-9,20H,10H2,1-2H3,(H,21,22). The van der Waals surface area contributed by atoms with Crippen molar-refractivity contribution in [2.75, 3.05) is 5.32 Å². The Hall–Kier alpha value is -2.26. The minimum atomic E-state index is -0.0294. The maximum atomic E-state index is 12.4. The Kier molecular flexibility index (Phi) is 3.90. The van der Waals surface area contributed by atoms with Crippen LogP contribution in [0.25, 0.3) is 10.9 Å². The first kappa shape index (κ1) is 14.7. The van der Waals surface area contributed by atoms with Gasteiger partial charge in [0.15, 0.2) is 0 Å². The van der Waals surface area contributed by atoms with Gasteiger partial charge in [-0.2, -0.15) is 0 Å². The Morgan fingerprint density at radius 1 is 1.18 bits per heavy atom. The number of aryl methyl sites for hydroxylation is 2. The van der Waals surface area contributed by atoms with Gasteiger partial charge >= 0.3 is 0 Å². The van der Waals surface area contributed by atoms with Gasteiger partial charge in [0.25, 0.3) is 0 Å². The van der Waals surface area contributed by atoms with Crippen molar-refractivity contribution >= 4 is 34.1 Å². The highest BCUT2D eigenvalue weighted by atomic mass is 35.5. The van der Waals surface area contributed by atoms with Crippen LogP contribution in [0.1, 0.15) is 16.8 Å². The molecule has 3 aromatic rings. The van der Waals surface area contributed by atoms with E-state index in [2.05, 4.69) is 10.3 Å². The van der Waals surface area contributed by atoms with E-state index in [-0.39, 0.29) is 5.91 Å². The number of halogens is 1. The molecule has 0 atom stereocenters. The number of benzene rings is 2. The summed E-state index contributed by atoms with van der Waals surface area (Å²) < 4.78 is 0. The first-order valence-corrected chi connectivity index (χ1v) is 7.54. The van der Waals surface area contributed by atoms with E-state index in [1.165, 1.54) is 0 Å². The number of H-pyrrole nitrogens is 1. The summed E-state index contributed by atoms with van der Waals surface area (Å²) in [5.41, 5.74) is 4.89. The number of hydrogen-bond acceptors (Lipinski definition) is 1. The normalized spacial score (nSPS) is 10.9. The lowest BCUT2D eigenvalue weighted by atomic mass is 10.1. The van der Waals surface area contributed by atoms with Crippen molar-refractivity contribution in [3.05, 3.63) is 64.3 Å². The van der Waals surface area contributed by atoms with E-state index in [1.807, 2.05) is 50.2 Å². The quantitative estimate of drug-likeness (QED) is 0.728. The Bertz CT molecular complexity index is 851. The third-order valence-corrected chi connectivity index (χ3v) is 4.06.